The topological polar surface area (TPSA) is 3.24 Å². The number of benzene rings is 5. The zero-order chi connectivity index (χ0) is 35.3. The van der Waals surface area contributed by atoms with Gasteiger partial charge < -0.3 is 4.90 Å². The molecule has 0 amide bonds. The summed E-state index contributed by atoms with van der Waals surface area (Å²) in [6, 6.07) is 37.4. The molecule has 0 heterocycles. The number of hydrogen-bond donors (Lipinski definition) is 0. The lowest BCUT2D eigenvalue weighted by Gasteiger charge is -2.52. The van der Waals surface area contributed by atoms with Crippen LogP contribution in [0.5, 0.6) is 0 Å². The van der Waals surface area contributed by atoms with Gasteiger partial charge in [-0.2, -0.15) is 0 Å². The maximum atomic E-state index is 2.64. The summed E-state index contributed by atoms with van der Waals surface area (Å²) in [5, 5.41) is 0. The molecule has 0 fully saturated rings. The predicted molar refractivity (Wildman–Crippen MR) is 215 cm³/mol. The van der Waals surface area contributed by atoms with Gasteiger partial charge >= 0.3 is 0 Å². The van der Waals surface area contributed by atoms with Gasteiger partial charge in [-0.25, -0.2) is 0 Å². The Kier molecular flexibility index (Phi) is 8.81. The van der Waals surface area contributed by atoms with E-state index < -0.39 is 5.54 Å². The second-order valence-corrected chi connectivity index (χ2v) is 15.2. The van der Waals surface area contributed by atoms with Crippen molar-refractivity contribution in [1.29, 1.82) is 0 Å². The van der Waals surface area contributed by atoms with E-state index in [0.29, 0.717) is 0 Å². The van der Waals surface area contributed by atoms with Gasteiger partial charge in [0.15, 0.2) is 0 Å². The molecule has 0 saturated heterocycles. The average Bonchev–Trinajstić information content (AvgIpc) is 3.11. The van der Waals surface area contributed by atoms with Crippen LogP contribution in [-0.4, -0.2) is 0 Å². The first kappa shape index (κ1) is 33.6. The van der Waals surface area contributed by atoms with Gasteiger partial charge in [-0.15, -0.1) is 0 Å². The molecule has 5 aromatic carbocycles. The molecule has 0 saturated carbocycles. The molecule has 2 unspecified atom stereocenters. The zero-order valence-electron chi connectivity index (χ0n) is 31.4. The monoisotopic (exact) mass is 653 g/mol. The second kappa shape index (κ2) is 13.1. The highest BCUT2D eigenvalue weighted by molar-refractivity contribution is 5.83. The van der Waals surface area contributed by atoms with Crippen molar-refractivity contribution >= 4 is 16.9 Å². The van der Waals surface area contributed by atoms with Crippen LogP contribution in [0.4, 0.5) is 11.4 Å². The molecule has 252 valence electrons. The van der Waals surface area contributed by atoms with Gasteiger partial charge in [0.2, 0.25) is 0 Å². The van der Waals surface area contributed by atoms with Gasteiger partial charge in [-0.3, -0.25) is 0 Å². The third-order valence-corrected chi connectivity index (χ3v) is 12.0. The Balaban J connectivity index is 1.47. The first-order valence-corrected chi connectivity index (χ1v) is 18.2. The third-order valence-electron chi connectivity index (χ3n) is 12.0. The molecule has 0 spiro atoms. The first-order valence-electron chi connectivity index (χ1n) is 18.2. The van der Waals surface area contributed by atoms with Crippen LogP contribution in [0, 0.1) is 61.3 Å². The first-order chi connectivity index (χ1) is 24.0. The molecule has 5 aromatic rings. The molecular weight excluding hydrogens is 603 g/mol. The Morgan fingerprint density at radius 2 is 1.06 bits per heavy atom. The molecule has 1 heteroatoms. The number of nitrogens with zero attached hydrogens (tertiary/aromatic N) is 1. The van der Waals surface area contributed by atoms with Crippen molar-refractivity contribution in [2.24, 2.45) is 5.92 Å². The maximum absolute atomic E-state index is 2.64. The lowest BCUT2D eigenvalue weighted by atomic mass is 9.63. The summed E-state index contributed by atoms with van der Waals surface area (Å²) in [5.74, 6) is 0.366. The Morgan fingerprint density at radius 1 is 0.560 bits per heavy atom. The van der Waals surface area contributed by atoms with E-state index in [1.807, 2.05) is 0 Å². The van der Waals surface area contributed by atoms with Crippen LogP contribution in [0.25, 0.3) is 5.57 Å². The highest BCUT2D eigenvalue weighted by atomic mass is 15.2. The molecule has 0 bridgehead atoms. The van der Waals surface area contributed by atoms with Crippen LogP contribution in [0.3, 0.4) is 0 Å². The minimum atomic E-state index is -0.392. The Morgan fingerprint density at radius 3 is 1.58 bits per heavy atom. The third kappa shape index (κ3) is 5.77. The van der Waals surface area contributed by atoms with Crippen LogP contribution < -0.4 is 4.90 Å². The fourth-order valence-corrected chi connectivity index (χ4v) is 8.33. The van der Waals surface area contributed by atoms with E-state index in [9.17, 15) is 0 Å². The van der Waals surface area contributed by atoms with E-state index in [1.165, 1.54) is 89.3 Å². The largest absolute Gasteiger partial charge is 0.331 e. The van der Waals surface area contributed by atoms with Gasteiger partial charge in [0, 0.05) is 23.2 Å². The lowest BCUT2D eigenvalue weighted by molar-refractivity contribution is 0.390. The molecule has 0 N–H and O–H groups in total. The van der Waals surface area contributed by atoms with Crippen LogP contribution in [0.1, 0.15) is 86.0 Å². The summed E-state index contributed by atoms with van der Waals surface area (Å²) in [5.41, 5.74) is 21.0. The van der Waals surface area contributed by atoms with Gasteiger partial charge in [0.25, 0.3) is 0 Å². The van der Waals surface area contributed by atoms with Crippen molar-refractivity contribution in [1.82, 2.24) is 0 Å². The Hall–Kier alpha value is -4.88. The van der Waals surface area contributed by atoms with E-state index in [4.69, 9.17) is 0 Å². The highest BCUT2D eigenvalue weighted by Crippen LogP contribution is 2.56. The Bertz CT molecular complexity index is 2100. The van der Waals surface area contributed by atoms with Gasteiger partial charge in [-0.1, -0.05) is 97.1 Å². The molecule has 50 heavy (non-hydrogen) atoms. The van der Waals surface area contributed by atoms with Crippen molar-refractivity contribution in [3.8, 4) is 0 Å². The lowest BCUT2D eigenvalue weighted by Crippen LogP contribution is -2.49. The minimum Gasteiger partial charge on any atom is -0.331 e. The van der Waals surface area contributed by atoms with Gasteiger partial charge in [0.05, 0.1) is 5.54 Å². The molecule has 0 aromatic heterocycles. The Labute approximate surface area is 300 Å². The van der Waals surface area contributed by atoms with Crippen molar-refractivity contribution < 1.29 is 0 Å². The van der Waals surface area contributed by atoms with E-state index >= 15 is 0 Å². The molecule has 1 nitrogen and oxygen atoms in total. The quantitative estimate of drug-likeness (QED) is 0.169. The van der Waals surface area contributed by atoms with Crippen molar-refractivity contribution in [2.45, 2.75) is 80.2 Å². The van der Waals surface area contributed by atoms with Crippen LogP contribution in [0.15, 0.2) is 127 Å². The van der Waals surface area contributed by atoms with Gasteiger partial charge in [0.1, 0.15) is 0 Å². The summed E-state index contributed by atoms with van der Waals surface area (Å²) in [7, 11) is 0. The SMILES string of the molecule is Cc1ccc(C(CC2=C3C=CC=CC3C(C)(N(c3ccc(C)c(C)c3)c3ccc(C)c(C)c3)c3ccccc32)c2ccc(C)c(C)c2)cc1C. The van der Waals surface area contributed by atoms with E-state index in [0.717, 1.165) is 6.42 Å². The van der Waals surface area contributed by atoms with E-state index in [1.54, 1.807) is 0 Å². The fourth-order valence-electron chi connectivity index (χ4n) is 8.33. The number of hydrogen-bond acceptors (Lipinski definition) is 1. The summed E-state index contributed by atoms with van der Waals surface area (Å²) >= 11 is 0. The van der Waals surface area contributed by atoms with Gasteiger partial charge in [-0.05, 0) is 171 Å². The van der Waals surface area contributed by atoms with E-state index in [-0.39, 0.29) is 11.8 Å². The number of allylic oxidation sites excluding steroid dienone is 4. The molecule has 2 aliphatic rings. The number of fused-ring (bicyclic) bond motifs is 2. The van der Waals surface area contributed by atoms with Crippen LogP contribution >= 0.6 is 0 Å². The normalized spacial score (nSPS) is 18.0. The standard InChI is InChI=1S/C49H51N/c1-31-18-22-39(26-35(31)5)45(40-23-19-32(2)36(6)27-40)30-46-43-14-10-12-16-47(43)49(9,48-17-13-11-15-44(46)48)50(41-24-20-33(3)37(7)28-41)42-25-21-34(4)38(8)29-42/h10-29,45,47H,30H2,1-9H3. The molecule has 2 atom stereocenters. The predicted octanol–water partition coefficient (Wildman–Crippen LogP) is 12.9. The number of aryl methyl sites for hydroxylation is 8. The van der Waals surface area contributed by atoms with Crippen LogP contribution in [0.2, 0.25) is 0 Å². The molecule has 0 radical (unpaired) electrons. The molecule has 7 rings (SSSR count). The molecule has 0 aliphatic heterocycles. The maximum Gasteiger partial charge on any atom is 0.0783 e. The summed E-state index contributed by atoms with van der Waals surface area (Å²) < 4.78 is 0. The second-order valence-electron chi connectivity index (χ2n) is 15.2. The average molecular weight is 654 g/mol. The van der Waals surface area contributed by atoms with Crippen molar-refractivity contribution in [3.05, 3.63) is 194 Å². The number of anilines is 2. The summed E-state index contributed by atoms with van der Waals surface area (Å²) in [4.78, 5) is 2.64. The summed E-state index contributed by atoms with van der Waals surface area (Å²) in [6.45, 7) is 20.3. The zero-order valence-corrected chi connectivity index (χ0v) is 31.4. The van der Waals surface area contributed by atoms with Crippen LogP contribution in [-0.2, 0) is 5.54 Å². The fraction of sp³-hybridized carbons (Fsp3) is 0.265. The highest BCUT2D eigenvalue weighted by Gasteiger charge is 2.48. The molecule has 2 aliphatic carbocycles. The van der Waals surface area contributed by atoms with Crippen molar-refractivity contribution in [2.75, 3.05) is 4.90 Å². The number of rotatable bonds is 7. The molecular formula is C49H51N. The smallest absolute Gasteiger partial charge is 0.0783 e. The van der Waals surface area contributed by atoms with Crippen molar-refractivity contribution in [3.63, 3.8) is 0 Å². The minimum absolute atomic E-state index is 0.140. The van der Waals surface area contributed by atoms with E-state index in [2.05, 4.69) is 189 Å². The summed E-state index contributed by atoms with van der Waals surface area (Å²) in [6.07, 6.45) is 10.3.